The highest BCUT2D eigenvalue weighted by atomic mass is 79.9. The largest absolute Gasteiger partial charge is 0.292 e. The summed E-state index contributed by atoms with van der Waals surface area (Å²) in [6, 6.07) is 7.70. The van der Waals surface area contributed by atoms with Crippen LogP contribution in [0.5, 0.6) is 0 Å². The molecule has 1 nitrogen and oxygen atoms in total. The van der Waals surface area contributed by atoms with E-state index in [1.165, 1.54) is 5.56 Å². The quantitative estimate of drug-likeness (QED) is 0.609. The van der Waals surface area contributed by atoms with Crippen LogP contribution in [-0.4, -0.2) is 9.02 Å². The Morgan fingerprint density at radius 2 is 1.79 bits per heavy atom. The van der Waals surface area contributed by atoms with Crippen molar-refractivity contribution in [2.45, 2.75) is 23.5 Å². The number of carbonyl (C=O) groups is 1. The maximum absolute atomic E-state index is 11.8. The third-order valence-corrected chi connectivity index (χ3v) is 2.74. The second-order valence-electron chi connectivity index (χ2n) is 3.27. The zero-order valence-electron chi connectivity index (χ0n) is 8.18. The Labute approximate surface area is 101 Å². The van der Waals surface area contributed by atoms with Gasteiger partial charge in [0.25, 0.3) is 0 Å². The highest BCUT2D eigenvalue weighted by Crippen LogP contribution is 2.29. The molecule has 0 fully saturated rings. The van der Waals surface area contributed by atoms with E-state index in [2.05, 4.69) is 38.8 Å². The number of benzene rings is 1. The van der Waals surface area contributed by atoms with Crippen LogP contribution in [0.3, 0.4) is 0 Å². The van der Waals surface area contributed by atoms with Gasteiger partial charge in [-0.2, -0.15) is 0 Å². The first kappa shape index (κ1) is 11.9. The Morgan fingerprint density at radius 3 is 2.14 bits per heavy atom. The van der Waals surface area contributed by atoms with Gasteiger partial charge in [-0.1, -0.05) is 63.0 Å². The highest BCUT2D eigenvalue weighted by molar-refractivity contribution is 9.25. The molecule has 0 saturated heterocycles. The molecule has 0 heterocycles. The Hall–Kier alpha value is -0.150. The lowest BCUT2D eigenvalue weighted by molar-refractivity contribution is 0.0988. The van der Waals surface area contributed by atoms with Crippen LogP contribution in [0.1, 0.15) is 29.8 Å². The number of hydrogen-bond acceptors (Lipinski definition) is 1. The molecule has 0 bridgehead atoms. The molecule has 0 radical (unpaired) electrons. The fourth-order valence-corrected chi connectivity index (χ4v) is 1.60. The fourth-order valence-electron chi connectivity index (χ4n) is 1.15. The third-order valence-electron chi connectivity index (χ3n) is 2.02. The molecule has 0 spiro atoms. The molecule has 0 aliphatic carbocycles. The first-order chi connectivity index (χ1) is 6.45. The molecule has 0 aliphatic rings. The molecule has 0 unspecified atom stereocenters. The van der Waals surface area contributed by atoms with Crippen LogP contribution in [-0.2, 0) is 6.42 Å². The summed E-state index contributed by atoms with van der Waals surface area (Å²) in [7, 11) is 0. The van der Waals surface area contributed by atoms with E-state index in [0.717, 1.165) is 12.0 Å². The van der Waals surface area contributed by atoms with Crippen molar-refractivity contribution in [3.63, 3.8) is 0 Å². The predicted molar refractivity (Wildman–Crippen MR) is 66.4 cm³/mol. The molecule has 3 heteroatoms. The smallest absolute Gasteiger partial charge is 0.189 e. The average Bonchev–Trinajstić information content (AvgIpc) is 2.15. The summed E-state index contributed by atoms with van der Waals surface area (Å²) in [6.07, 6.45) is 0.994. The van der Waals surface area contributed by atoms with Crippen LogP contribution in [0, 0.1) is 0 Å². The van der Waals surface area contributed by atoms with Crippen molar-refractivity contribution < 1.29 is 4.79 Å². The second-order valence-corrected chi connectivity index (χ2v) is 7.50. The van der Waals surface area contributed by atoms with Crippen LogP contribution < -0.4 is 0 Å². The van der Waals surface area contributed by atoms with Gasteiger partial charge in [0, 0.05) is 5.56 Å². The van der Waals surface area contributed by atoms with E-state index in [4.69, 9.17) is 0 Å². The summed E-state index contributed by atoms with van der Waals surface area (Å²) in [5, 5.41) is 0. The second kappa shape index (κ2) is 4.58. The highest BCUT2D eigenvalue weighted by Gasteiger charge is 2.26. The van der Waals surface area contributed by atoms with Gasteiger partial charge in [-0.15, -0.1) is 0 Å². The lowest BCUT2D eigenvalue weighted by atomic mass is 10.1. The molecule has 0 aromatic heterocycles. The standard InChI is InChI=1S/C11H12Br2O/c1-3-8-4-6-9(7-5-8)10(14)11(2,12)13/h4-7H,3H2,1-2H3. The Bertz CT molecular complexity index is 322. The van der Waals surface area contributed by atoms with E-state index in [1.807, 2.05) is 24.3 Å². The predicted octanol–water partition coefficient (Wildman–Crippen LogP) is 3.94. The van der Waals surface area contributed by atoms with Gasteiger partial charge < -0.3 is 0 Å². The maximum Gasteiger partial charge on any atom is 0.189 e. The first-order valence-electron chi connectivity index (χ1n) is 4.46. The van der Waals surface area contributed by atoms with Gasteiger partial charge >= 0.3 is 0 Å². The van der Waals surface area contributed by atoms with Crippen LogP contribution in [0.15, 0.2) is 24.3 Å². The minimum absolute atomic E-state index is 0.0418. The number of halogens is 2. The number of hydrogen-bond donors (Lipinski definition) is 0. The van der Waals surface area contributed by atoms with Crippen molar-refractivity contribution in [2.24, 2.45) is 0 Å². The van der Waals surface area contributed by atoms with E-state index in [0.29, 0.717) is 0 Å². The number of Topliss-reactive ketones (excluding diaryl/α,β-unsaturated/α-hetero) is 1. The maximum atomic E-state index is 11.8. The van der Waals surface area contributed by atoms with Crippen LogP contribution in [0.4, 0.5) is 0 Å². The van der Waals surface area contributed by atoms with Crippen molar-refractivity contribution in [1.82, 2.24) is 0 Å². The summed E-state index contributed by atoms with van der Waals surface area (Å²) < 4.78 is -0.659. The molecule has 0 atom stereocenters. The Kier molecular flexibility index (Phi) is 3.90. The molecular formula is C11H12Br2O. The Morgan fingerprint density at radius 1 is 1.29 bits per heavy atom. The molecule has 0 amide bonds. The third kappa shape index (κ3) is 2.92. The van der Waals surface area contributed by atoms with E-state index < -0.39 is 3.23 Å². The zero-order chi connectivity index (χ0) is 10.8. The van der Waals surface area contributed by atoms with Crippen LogP contribution >= 0.6 is 31.9 Å². The number of ketones is 1. The molecule has 76 valence electrons. The minimum Gasteiger partial charge on any atom is -0.292 e. The number of aryl methyl sites for hydroxylation is 1. The molecule has 0 aliphatic heterocycles. The molecule has 1 rings (SSSR count). The topological polar surface area (TPSA) is 17.1 Å². The molecule has 0 N–H and O–H groups in total. The van der Waals surface area contributed by atoms with Crippen molar-refractivity contribution in [2.75, 3.05) is 0 Å². The van der Waals surface area contributed by atoms with Crippen LogP contribution in [0.2, 0.25) is 0 Å². The SMILES string of the molecule is CCc1ccc(C(=O)C(C)(Br)Br)cc1. The summed E-state index contributed by atoms with van der Waals surface area (Å²) in [6.45, 7) is 3.87. The van der Waals surface area contributed by atoms with Crippen molar-refractivity contribution >= 4 is 37.6 Å². The van der Waals surface area contributed by atoms with Gasteiger partial charge in [-0.3, -0.25) is 4.79 Å². The normalized spacial score (nSPS) is 11.4. The number of alkyl halides is 2. The summed E-state index contributed by atoms with van der Waals surface area (Å²) >= 11 is 6.57. The lowest BCUT2D eigenvalue weighted by Gasteiger charge is -2.12. The van der Waals surface area contributed by atoms with Crippen LogP contribution in [0.25, 0.3) is 0 Å². The molecular weight excluding hydrogens is 308 g/mol. The van der Waals surface area contributed by atoms with Gasteiger partial charge in [0.1, 0.15) is 3.23 Å². The van der Waals surface area contributed by atoms with Gasteiger partial charge in [0.2, 0.25) is 0 Å². The Balaban J connectivity index is 2.93. The molecule has 1 aromatic rings. The van der Waals surface area contributed by atoms with Gasteiger partial charge in [-0.05, 0) is 18.9 Å². The van der Waals surface area contributed by atoms with E-state index >= 15 is 0 Å². The van der Waals surface area contributed by atoms with Gasteiger partial charge in [0.05, 0.1) is 0 Å². The minimum atomic E-state index is -0.659. The van der Waals surface area contributed by atoms with Crippen molar-refractivity contribution in [3.05, 3.63) is 35.4 Å². The summed E-state index contributed by atoms with van der Waals surface area (Å²) in [5.74, 6) is 0.0418. The van der Waals surface area contributed by atoms with E-state index in [9.17, 15) is 4.79 Å². The van der Waals surface area contributed by atoms with E-state index in [1.54, 1.807) is 6.92 Å². The molecule has 0 saturated carbocycles. The van der Waals surface area contributed by atoms with Crippen molar-refractivity contribution in [1.29, 1.82) is 0 Å². The van der Waals surface area contributed by atoms with E-state index in [-0.39, 0.29) is 5.78 Å². The number of carbonyl (C=O) groups excluding carboxylic acids is 1. The molecule has 14 heavy (non-hydrogen) atoms. The molecule has 1 aromatic carbocycles. The lowest BCUT2D eigenvalue weighted by Crippen LogP contribution is -2.20. The summed E-state index contributed by atoms with van der Waals surface area (Å²) in [5.41, 5.74) is 1.96. The van der Waals surface area contributed by atoms with Gasteiger partial charge in [-0.25, -0.2) is 0 Å². The van der Waals surface area contributed by atoms with Crippen molar-refractivity contribution in [3.8, 4) is 0 Å². The zero-order valence-corrected chi connectivity index (χ0v) is 11.4. The average molecular weight is 320 g/mol. The monoisotopic (exact) mass is 318 g/mol. The summed E-state index contributed by atoms with van der Waals surface area (Å²) in [4.78, 5) is 11.8. The number of rotatable bonds is 3. The fraction of sp³-hybridized carbons (Fsp3) is 0.364. The van der Waals surface area contributed by atoms with Gasteiger partial charge in [0.15, 0.2) is 5.78 Å². The first-order valence-corrected chi connectivity index (χ1v) is 6.05.